The third-order valence-electron chi connectivity index (χ3n) is 3.36. The number of anilines is 1. The summed E-state index contributed by atoms with van der Waals surface area (Å²) in [4.78, 5) is 15.6. The van der Waals surface area contributed by atoms with E-state index in [0.717, 1.165) is 16.3 Å². The number of hydrogen-bond acceptors (Lipinski definition) is 2. The Labute approximate surface area is 141 Å². The van der Waals surface area contributed by atoms with E-state index in [9.17, 15) is 4.79 Å². The number of benzene rings is 1. The van der Waals surface area contributed by atoms with Gasteiger partial charge in [0.25, 0.3) is 5.91 Å². The van der Waals surface area contributed by atoms with Gasteiger partial charge in [-0.15, -0.1) is 11.8 Å². The number of aromatic nitrogens is 1. The number of rotatable bonds is 1. The van der Waals surface area contributed by atoms with Crippen LogP contribution in [-0.2, 0) is 7.05 Å². The van der Waals surface area contributed by atoms with Crippen LogP contribution in [0.3, 0.4) is 0 Å². The van der Waals surface area contributed by atoms with Gasteiger partial charge in [0.2, 0.25) is 0 Å². The topological polar surface area (TPSA) is 25.2 Å². The largest absolute Gasteiger partial charge is 0.329 e. The van der Waals surface area contributed by atoms with E-state index in [4.69, 9.17) is 34.8 Å². The van der Waals surface area contributed by atoms with Crippen LogP contribution in [0, 0.1) is 0 Å². The number of fused-ring (bicyclic) bond motifs is 1. The number of carbonyl (C=O) groups is 1. The molecule has 1 aromatic heterocycles. The third-order valence-corrected chi connectivity index (χ3v) is 5.48. The maximum atomic E-state index is 12.8. The summed E-state index contributed by atoms with van der Waals surface area (Å²) in [7, 11) is 1.72. The van der Waals surface area contributed by atoms with E-state index in [1.165, 1.54) is 0 Å². The summed E-state index contributed by atoms with van der Waals surface area (Å²) in [5.41, 5.74) is 1.29. The number of nitrogens with zero attached hydrogens (tertiary/aromatic N) is 2. The minimum Gasteiger partial charge on any atom is -0.329 e. The lowest BCUT2D eigenvalue weighted by atomic mass is 10.2. The van der Waals surface area contributed by atoms with Gasteiger partial charge in [-0.25, -0.2) is 0 Å². The molecule has 1 aromatic carbocycles. The van der Waals surface area contributed by atoms with Gasteiger partial charge in [0.1, 0.15) is 10.8 Å². The normalized spacial score (nSPS) is 14.2. The van der Waals surface area contributed by atoms with Crippen LogP contribution in [0.15, 0.2) is 29.2 Å². The molecule has 0 saturated heterocycles. The molecule has 7 heteroatoms. The Morgan fingerprint density at radius 3 is 2.67 bits per heavy atom. The van der Waals surface area contributed by atoms with Gasteiger partial charge in [-0.05, 0) is 24.3 Å². The van der Waals surface area contributed by atoms with Crippen molar-refractivity contribution in [2.45, 2.75) is 4.90 Å². The molecule has 0 radical (unpaired) electrons. The van der Waals surface area contributed by atoms with Crippen molar-refractivity contribution >= 4 is 58.2 Å². The van der Waals surface area contributed by atoms with Crippen LogP contribution in [0.5, 0.6) is 0 Å². The maximum absolute atomic E-state index is 12.8. The number of amides is 1. The first kappa shape index (κ1) is 15.1. The monoisotopic (exact) mass is 360 g/mol. The minimum absolute atomic E-state index is 0.130. The second-order valence-corrected chi connectivity index (χ2v) is 6.98. The summed E-state index contributed by atoms with van der Waals surface area (Å²) in [5, 5.41) is 1.34. The molecule has 1 aliphatic heterocycles. The molecule has 21 heavy (non-hydrogen) atoms. The van der Waals surface area contributed by atoms with Crippen LogP contribution in [0.25, 0.3) is 0 Å². The first-order valence-electron chi connectivity index (χ1n) is 6.24. The van der Waals surface area contributed by atoms with Gasteiger partial charge in [0.05, 0.1) is 10.7 Å². The van der Waals surface area contributed by atoms with Crippen LogP contribution in [0.2, 0.25) is 15.2 Å². The fourth-order valence-corrected chi connectivity index (χ4v) is 3.80. The van der Waals surface area contributed by atoms with Gasteiger partial charge >= 0.3 is 0 Å². The number of halogens is 3. The van der Waals surface area contributed by atoms with Gasteiger partial charge in [-0.2, -0.15) is 0 Å². The molecule has 0 bridgehead atoms. The second kappa shape index (κ2) is 5.76. The predicted molar refractivity (Wildman–Crippen MR) is 89.3 cm³/mol. The molecule has 1 amide bonds. The van der Waals surface area contributed by atoms with E-state index in [2.05, 4.69) is 0 Å². The van der Waals surface area contributed by atoms with Gasteiger partial charge in [-0.3, -0.25) is 4.79 Å². The van der Waals surface area contributed by atoms with Crippen molar-refractivity contribution < 1.29 is 4.79 Å². The molecule has 0 saturated carbocycles. The number of hydrogen-bond donors (Lipinski definition) is 0. The molecule has 2 heterocycles. The van der Waals surface area contributed by atoms with E-state index in [1.807, 2.05) is 18.2 Å². The highest BCUT2D eigenvalue weighted by molar-refractivity contribution is 7.99. The van der Waals surface area contributed by atoms with Crippen LogP contribution < -0.4 is 4.90 Å². The molecule has 0 N–H and O–H groups in total. The van der Waals surface area contributed by atoms with Gasteiger partial charge in [0.15, 0.2) is 0 Å². The molecule has 0 atom stereocenters. The summed E-state index contributed by atoms with van der Waals surface area (Å²) < 4.78 is 1.60. The Balaban J connectivity index is 2.04. The second-order valence-electron chi connectivity index (χ2n) is 4.64. The zero-order chi connectivity index (χ0) is 15.1. The standard InChI is InChI=1S/C14H11Cl3N2OS/c1-18-11(7-9(16)13(18)17)14(20)19-4-5-21-12-3-2-8(15)6-10(12)19/h2-3,6-7H,4-5H2,1H3. The van der Waals surface area contributed by atoms with Crippen molar-refractivity contribution in [2.24, 2.45) is 7.05 Å². The van der Waals surface area contributed by atoms with Gasteiger partial charge < -0.3 is 9.47 Å². The van der Waals surface area contributed by atoms with Crippen molar-refractivity contribution in [3.8, 4) is 0 Å². The minimum atomic E-state index is -0.130. The summed E-state index contributed by atoms with van der Waals surface area (Å²) in [6, 6.07) is 7.18. The molecule has 0 fully saturated rings. The SMILES string of the molecule is Cn1c(C(=O)N2CCSc3ccc(Cl)cc32)cc(Cl)c1Cl. The summed E-state index contributed by atoms with van der Waals surface area (Å²) >= 11 is 19.8. The average Bonchev–Trinajstić information content (AvgIpc) is 2.73. The highest BCUT2D eigenvalue weighted by Crippen LogP contribution is 2.37. The lowest BCUT2D eigenvalue weighted by molar-refractivity contribution is 0.0980. The predicted octanol–water partition coefficient (Wildman–Crippen LogP) is 4.74. The molecule has 0 spiro atoms. The molecule has 3 rings (SSSR count). The molecular weight excluding hydrogens is 351 g/mol. The molecular formula is C14H11Cl3N2OS. The van der Waals surface area contributed by atoms with E-state index in [-0.39, 0.29) is 5.91 Å². The van der Waals surface area contributed by atoms with Gasteiger partial charge in [0, 0.05) is 29.3 Å². The Morgan fingerprint density at radius 1 is 1.24 bits per heavy atom. The van der Waals surface area contributed by atoms with Crippen molar-refractivity contribution in [3.63, 3.8) is 0 Å². The fraction of sp³-hybridized carbons (Fsp3) is 0.214. The number of carbonyl (C=O) groups excluding carboxylic acids is 1. The summed E-state index contributed by atoms with van der Waals surface area (Å²) in [6.45, 7) is 0.622. The Bertz CT molecular complexity index is 729. The lowest BCUT2D eigenvalue weighted by Crippen LogP contribution is -2.36. The Morgan fingerprint density at radius 2 is 2.00 bits per heavy atom. The Kier molecular flexibility index (Phi) is 4.14. The van der Waals surface area contributed by atoms with E-state index >= 15 is 0 Å². The lowest BCUT2D eigenvalue weighted by Gasteiger charge is -2.29. The van der Waals surface area contributed by atoms with E-state index in [0.29, 0.717) is 27.4 Å². The molecule has 0 aliphatic carbocycles. The van der Waals surface area contributed by atoms with Crippen LogP contribution >= 0.6 is 46.6 Å². The summed E-state index contributed by atoms with van der Waals surface area (Å²) in [5.74, 6) is 0.710. The van der Waals surface area contributed by atoms with Crippen molar-refractivity contribution in [2.75, 3.05) is 17.2 Å². The third kappa shape index (κ3) is 2.66. The zero-order valence-corrected chi connectivity index (χ0v) is 14.2. The van der Waals surface area contributed by atoms with Gasteiger partial charge in [-0.1, -0.05) is 34.8 Å². The highest BCUT2D eigenvalue weighted by atomic mass is 35.5. The fourth-order valence-electron chi connectivity index (χ4n) is 2.29. The average molecular weight is 362 g/mol. The number of thioether (sulfide) groups is 1. The quantitative estimate of drug-likeness (QED) is 0.733. The van der Waals surface area contributed by atoms with Crippen LogP contribution in [0.1, 0.15) is 10.5 Å². The van der Waals surface area contributed by atoms with E-state index < -0.39 is 0 Å². The molecule has 2 aromatic rings. The first-order chi connectivity index (χ1) is 9.99. The molecule has 3 nitrogen and oxygen atoms in total. The smallest absolute Gasteiger partial charge is 0.275 e. The van der Waals surface area contributed by atoms with Crippen molar-refractivity contribution in [3.05, 3.63) is 45.2 Å². The zero-order valence-electron chi connectivity index (χ0n) is 11.1. The highest BCUT2D eigenvalue weighted by Gasteiger charge is 2.27. The van der Waals surface area contributed by atoms with Crippen LogP contribution in [-0.4, -0.2) is 22.8 Å². The van der Waals surface area contributed by atoms with Crippen molar-refractivity contribution in [1.82, 2.24) is 4.57 Å². The molecule has 110 valence electrons. The molecule has 0 unspecified atom stereocenters. The molecule has 1 aliphatic rings. The maximum Gasteiger partial charge on any atom is 0.275 e. The van der Waals surface area contributed by atoms with Crippen LogP contribution in [0.4, 0.5) is 5.69 Å². The first-order valence-corrected chi connectivity index (χ1v) is 8.36. The van der Waals surface area contributed by atoms with Crippen molar-refractivity contribution in [1.29, 1.82) is 0 Å². The van der Waals surface area contributed by atoms with E-state index in [1.54, 1.807) is 34.3 Å². The summed E-state index contributed by atoms with van der Waals surface area (Å²) in [6.07, 6.45) is 0. The Hall–Kier alpha value is -0.810.